The number of hydrogen-bond donors (Lipinski definition) is 2. The second-order valence-corrected chi connectivity index (χ2v) is 4.62. The van der Waals surface area contributed by atoms with E-state index in [1.807, 2.05) is 32.9 Å². The van der Waals surface area contributed by atoms with Crippen LogP contribution < -0.4 is 4.74 Å². The highest BCUT2D eigenvalue weighted by molar-refractivity contribution is 5.36. The minimum absolute atomic E-state index is 0.0738. The SMILES string of the molecule is Cc1ccc(OCC(O)COC(C)C)c(CO)c1. The van der Waals surface area contributed by atoms with Crippen molar-refractivity contribution in [3.05, 3.63) is 29.3 Å². The Bertz CT molecular complexity index is 363. The number of benzene rings is 1. The second-order valence-electron chi connectivity index (χ2n) is 4.62. The van der Waals surface area contributed by atoms with Gasteiger partial charge in [0.1, 0.15) is 18.5 Å². The molecule has 0 aromatic heterocycles. The Morgan fingerprint density at radius 3 is 2.56 bits per heavy atom. The molecular formula is C14H22O4. The monoisotopic (exact) mass is 254 g/mol. The molecule has 2 N–H and O–H groups in total. The molecule has 0 fully saturated rings. The molecular weight excluding hydrogens is 232 g/mol. The van der Waals surface area contributed by atoms with Gasteiger partial charge in [0.05, 0.1) is 19.3 Å². The highest BCUT2D eigenvalue weighted by Crippen LogP contribution is 2.20. The lowest BCUT2D eigenvalue weighted by Crippen LogP contribution is -2.25. The fourth-order valence-electron chi connectivity index (χ4n) is 1.51. The topological polar surface area (TPSA) is 58.9 Å². The summed E-state index contributed by atoms with van der Waals surface area (Å²) in [4.78, 5) is 0. The fourth-order valence-corrected chi connectivity index (χ4v) is 1.51. The van der Waals surface area contributed by atoms with Gasteiger partial charge in [0.25, 0.3) is 0 Å². The standard InChI is InChI=1S/C14H22O4/c1-10(2)17-8-13(16)9-18-14-5-4-11(3)6-12(14)7-15/h4-6,10,13,15-16H,7-9H2,1-3H3. The molecule has 1 aromatic carbocycles. The molecule has 0 amide bonds. The van der Waals surface area contributed by atoms with E-state index in [9.17, 15) is 10.2 Å². The number of aryl methyl sites for hydroxylation is 1. The van der Waals surface area contributed by atoms with Crippen LogP contribution in [-0.2, 0) is 11.3 Å². The molecule has 0 spiro atoms. The minimum atomic E-state index is -0.666. The molecule has 102 valence electrons. The van der Waals surface area contributed by atoms with Gasteiger partial charge in [-0.25, -0.2) is 0 Å². The Morgan fingerprint density at radius 1 is 1.22 bits per heavy atom. The van der Waals surface area contributed by atoms with Crippen LogP contribution in [0.2, 0.25) is 0 Å². The summed E-state index contributed by atoms with van der Waals surface area (Å²) < 4.78 is 10.8. The van der Waals surface area contributed by atoms with Crippen molar-refractivity contribution >= 4 is 0 Å². The zero-order chi connectivity index (χ0) is 13.5. The molecule has 4 heteroatoms. The summed E-state index contributed by atoms with van der Waals surface area (Å²) in [5.41, 5.74) is 1.79. The van der Waals surface area contributed by atoms with Crippen molar-refractivity contribution in [2.75, 3.05) is 13.2 Å². The third-order valence-corrected chi connectivity index (χ3v) is 2.44. The maximum Gasteiger partial charge on any atom is 0.124 e. The van der Waals surface area contributed by atoms with E-state index in [1.165, 1.54) is 0 Å². The molecule has 1 unspecified atom stereocenters. The summed E-state index contributed by atoms with van der Waals surface area (Å²) in [5, 5.41) is 18.9. The van der Waals surface area contributed by atoms with E-state index in [1.54, 1.807) is 6.07 Å². The quantitative estimate of drug-likeness (QED) is 0.777. The molecule has 1 aromatic rings. The largest absolute Gasteiger partial charge is 0.490 e. The van der Waals surface area contributed by atoms with E-state index < -0.39 is 6.10 Å². The van der Waals surface area contributed by atoms with Gasteiger partial charge in [-0.05, 0) is 26.8 Å². The lowest BCUT2D eigenvalue weighted by Gasteiger charge is -2.16. The van der Waals surface area contributed by atoms with Gasteiger partial charge in [0, 0.05) is 5.56 Å². The number of ether oxygens (including phenoxy) is 2. The number of aliphatic hydroxyl groups is 2. The van der Waals surface area contributed by atoms with E-state index in [0.717, 1.165) is 11.1 Å². The van der Waals surface area contributed by atoms with E-state index in [4.69, 9.17) is 9.47 Å². The van der Waals surface area contributed by atoms with Crippen LogP contribution in [0.5, 0.6) is 5.75 Å². The van der Waals surface area contributed by atoms with Gasteiger partial charge in [-0.3, -0.25) is 0 Å². The van der Waals surface area contributed by atoms with Crippen LogP contribution in [0, 0.1) is 6.92 Å². The van der Waals surface area contributed by atoms with Crippen molar-refractivity contribution in [1.29, 1.82) is 0 Å². The molecule has 1 atom stereocenters. The molecule has 0 saturated heterocycles. The van der Waals surface area contributed by atoms with E-state index in [0.29, 0.717) is 5.75 Å². The first kappa shape index (κ1) is 15.0. The Kier molecular flexibility index (Phi) is 6.12. The molecule has 0 aliphatic heterocycles. The molecule has 4 nitrogen and oxygen atoms in total. The van der Waals surface area contributed by atoms with E-state index in [-0.39, 0.29) is 25.9 Å². The zero-order valence-electron chi connectivity index (χ0n) is 11.2. The lowest BCUT2D eigenvalue weighted by atomic mass is 10.1. The summed E-state index contributed by atoms with van der Waals surface area (Å²) in [7, 11) is 0. The van der Waals surface area contributed by atoms with Crippen LogP contribution in [-0.4, -0.2) is 35.6 Å². The Labute approximate surface area is 108 Å². The van der Waals surface area contributed by atoms with Crippen molar-refractivity contribution < 1.29 is 19.7 Å². The lowest BCUT2D eigenvalue weighted by molar-refractivity contribution is -0.0125. The third-order valence-electron chi connectivity index (χ3n) is 2.44. The van der Waals surface area contributed by atoms with Gasteiger partial charge < -0.3 is 19.7 Å². The van der Waals surface area contributed by atoms with Crippen LogP contribution >= 0.6 is 0 Å². The number of rotatable bonds is 7. The fraction of sp³-hybridized carbons (Fsp3) is 0.571. The highest BCUT2D eigenvalue weighted by Gasteiger charge is 2.09. The predicted molar refractivity (Wildman–Crippen MR) is 69.7 cm³/mol. The summed E-state index contributed by atoms with van der Waals surface area (Å²) in [6.45, 7) is 6.11. The number of aliphatic hydroxyl groups excluding tert-OH is 2. The molecule has 0 heterocycles. The molecule has 0 radical (unpaired) electrons. The Hall–Kier alpha value is -1.10. The molecule has 0 aliphatic rings. The Balaban J connectivity index is 2.47. The van der Waals surface area contributed by atoms with Crippen molar-refractivity contribution in [2.45, 2.75) is 39.6 Å². The molecule has 0 aliphatic carbocycles. The Morgan fingerprint density at radius 2 is 1.94 bits per heavy atom. The van der Waals surface area contributed by atoms with Crippen molar-refractivity contribution in [1.82, 2.24) is 0 Å². The average molecular weight is 254 g/mol. The maximum absolute atomic E-state index is 9.67. The first-order chi connectivity index (χ1) is 8.52. The maximum atomic E-state index is 9.67. The molecule has 0 bridgehead atoms. The van der Waals surface area contributed by atoms with Gasteiger partial charge in [-0.15, -0.1) is 0 Å². The van der Waals surface area contributed by atoms with Crippen LogP contribution in [0.4, 0.5) is 0 Å². The molecule has 18 heavy (non-hydrogen) atoms. The summed E-state index contributed by atoms with van der Waals surface area (Å²) >= 11 is 0. The zero-order valence-corrected chi connectivity index (χ0v) is 11.2. The highest BCUT2D eigenvalue weighted by atomic mass is 16.5. The van der Waals surface area contributed by atoms with E-state index >= 15 is 0 Å². The van der Waals surface area contributed by atoms with Crippen molar-refractivity contribution in [3.8, 4) is 5.75 Å². The molecule has 0 saturated carbocycles. The second kappa shape index (κ2) is 7.36. The van der Waals surface area contributed by atoms with Crippen LogP contribution in [0.25, 0.3) is 0 Å². The van der Waals surface area contributed by atoms with Gasteiger partial charge >= 0.3 is 0 Å². The minimum Gasteiger partial charge on any atom is -0.490 e. The first-order valence-corrected chi connectivity index (χ1v) is 6.15. The third kappa shape index (κ3) is 5.04. The van der Waals surface area contributed by atoms with Crippen LogP contribution in [0.1, 0.15) is 25.0 Å². The first-order valence-electron chi connectivity index (χ1n) is 6.15. The summed E-state index contributed by atoms with van der Waals surface area (Å²) in [5.74, 6) is 0.603. The summed E-state index contributed by atoms with van der Waals surface area (Å²) in [6, 6.07) is 5.58. The van der Waals surface area contributed by atoms with Gasteiger partial charge in [-0.2, -0.15) is 0 Å². The predicted octanol–water partition coefficient (Wildman–Crippen LogP) is 1.65. The van der Waals surface area contributed by atoms with Gasteiger partial charge in [0.15, 0.2) is 0 Å². The van der Waals surface area contributed by atoms with Crippen LogP contribution in [0.15, 0.2) is 18.2 Å². The van der Waals surface area contributed by atoms with Crippen molar-refractivity contribution in [2.24, 2.45) is 0 Å². The average Bonchev–Trinajstić information content (AvgIpc) is 2.34. The smallest absolute Gasteiger partial charge is 0.124 e. The van der Waals surface area contributed by atoms with Gasteiger partial charge in [0.2, 0.25) is 0 Å². The van der Waals surface area contributed by atoms with Gasteiger partial charge in [-0.1, -0.05) is 17.7 Å². The van der Waals surface area contributed by atoms with Crippen LogP contribution in [0.3, 0.4) is 0 Å². The number of hydrogen-bond acceptors (Lipinski definition) is 4. The van der Waals surface area contributed by atoms with E-state index in [2.05, 4.69) is 0 Å². The normalized spacial score (nSPS) is 12.8. The summed E-state index contributed by atoms with van der Waals surface area (Å²) in [6.07, 6.45) is -0.577. The molecule has 1 rings (SSSR count). The van der Waals surface area contributed by atoms with Crippen molar-refractivity contribution in [3.63, 3.8) is 0 Å².